The number of nitrogens with zero attached hydrogens (tertiary/aromatic N) is 4. The van der Waals surface area contributed by atoms with Gasteiger partial charge in [0.05, 0.1) is 19.5 Å². The molecule has 1 N–H and O–H groups in total. The normalized spacial score (nSPS) is 11.2. The molecule has 2 heterocycles. The topological polar surface area (TPSA) is 91.2 Å². The Kier molecular flexibility index (Phi) is 5.30. The second-order valence-corrected chi connectivity index (χ2v) is 7.19. The van der Waals surface area contributed by atoms with Crippen LogP contribution in [0.3, 0.4) is 0 Å². The first-order chi connectivity index (χ1) is 13.2. The Labute approximate surface area is 163 Å². The first-order valence-electron chi connectivity index (χ1n) is 8.78. The second kappa shape index (κ2) is 7.67. The minimum absolute atomic E-state index is 0.511. The first-order valence-corrected chi connectivity index (χ1v) is 8.78. The zero-order valence-corrected chi connectivity index (χ0v) is 16.6. The number of methoxy groups -OCH3 is 1. The molecule has 1 aromatic carbocycles. The summed E-state index contributed by atoms with van der Waals surface area (Å²) in [6.07, 6.45) is 4.39. The van der Waals surface area contributed by atoms with Crippen molar-refractivity contribution in [3.63, 3.8) is 0 Å². The predicted octanol–water partition coefficient (Wildman–Crippen LogP) is 4.18. The van der Waals surface area contributed by atoms with E-state index in [9.17, 15) is 4.79 Å². The van der Waals surface area contributed by atoms with Crippen LogP contribution in [0.15, 0.2) is 42.9 Å². The number of hydrogen-bond donors (Lipinski definition) is 1. The van der Waals surface area contributed by atoms with Crippen LogP contribution in [0.25, 0.3) is 11.1 Å². The third-order valence-electron chi connectivity index (χ3n) is 3.74. The Morgan fingerprint density at radius 2 is 1.82 bits per heavy atom. The van der Waals surface area contributed by atoms with Crippen molar-refractivity contribution in [1.29, 1.82) is 0 Å². The number of carbonyl (C=O) groups is 1. The standard InChI is InChI=1S/C20H23N5O3/c1-13-21-11-17(27-5)18(23-13)24-16-8-6-14(7-9-16)15-10-22-25(12-15)19(26)28-20(2,3)4/h6-12H,1-5H3,(H,21,23,24). The van der Waals surface area contributed by atoms with Gasteiger partial charge in [-0.1, -0.05) is 12.1 Å². The van der Waals surface area contributed by atoms with Gasteiger partial charge in [-0.2, -0.15) is 9.78 Å². The lowest BCUT2D eigenvalue weighted by Gasteiger charge is -2.18. The summed E-state index contributed by atoms with van der Waals surface area (Å²) in [6.45, 7) is 7.26. The van der Waals surface area contributed by atoms with Gasteiger partial charge < -0.3 is 14.8 Å². The van der Waals surface area contributed by atoms with Gasteiger partial charge in [-0.15, -0.1) is 0 Å². The van der Waals surface area contributed by atoms with Gasteiger partial charge in [0.25, 0.3) is 0 Å². The Balaban J connectivity index is 1.75. The Hall–Kier alpha value is -3.42. The van der Waals surface area contributed by atoms with Gasteiger partial charge in [0.2, 0.25) is 0 Å². The largest absolute Gasteiger partial charge is 0.491 e. The van der Waals surface area contributed by atoms with Crippen LogP contribution in [-0.4, -0.2) is 38.6 Å². The van der Waals surface area contributed by atoms with Crippen molar-refractivity contribution in [2.24, 2.45) is 0 Å². The lowest BCUT2D eigenvalue weighted by Crippen LogP contribution is -2.27. The number of ether oxygens (including phenoxy) is 2. The molecular weight excluding hydrogens is 358 g/mol. The molecule has 3 rings (SSSR count). The number of hydrogen-bond acceptors (Lipinski definition) is 7. The van der Waals surface area contributed by atoms with E-state index in [0.717, 1.165) is 16.8 Å². The van der Waals surface area contributed by atoms with Crippen LogP contribution < -0.4 is 10.1 Å². The molecule has 0 unspecified atom stereocenters. The van der Waals surface area contributed by atoms with E-state index >= 15 is 0 Å². The number of aryl methyl sites for hydroxylation is 1. The highest BCUT2D eigenvalue weighted by Crippen LogP contribution is 2.26. The van der Waals surface area contributed by atoms with Crippen molar-refractivity contribution in [3.8, 4) is 16.9 Å². The van der Waals surface area contributed by atoms with Crippen LogP contribution >= 0.6 is 0 Å². The molecule has 8 nitrogen and oxygen atoms in total. The summed E-state index contributed by atoms with van der Waals surface area (Å²) in [4.78, 5) is 20.6. The van der Waals surface area contributed by atoms with Crippen LogP contribution in [0.1, 0.15) is 26.6 Å². The van der Waals surface area contributed by atoms with Gasteiger partial charge in [-0.3, -0.25) is 0 Å². The summed E-state index contributed by atoms with van der Waals surface area (Å²) in [6, 6.07) is 7.69. The highest BCUT2D eigenvalue weighted by atomic mass is 16.6. The van der Waals surface area contributed by atoms with Crippen LogP contribution in [0.2, 0.25) is 0 Å². The molecule has 3 aromatic rings. The number of rotatable bonds is 4. The Morgan fingerprint density at radius 1 is 1.11 bits per heavy atom. The Bertz CT molecular complexity index is 974. The molecule has 0 aliphatic rings. The van der Waals surface area contributed by atoms with Gasteiger partial charge in [-0.05, 0) is 45.4 Å². The quantitative estimate of drug-likeness (QED) is 0.725. The summed E-state index contributed by atoms with van der Waals surface area (Å²) in [5, 5.41) is 7.31. The van der Waals surface area contributed by atoms with Crippen molar-refractivity contribution < 1.29 is 14.3 Å². The minimum Gasteiger partial charge on any atom is -0.491 e. The molecule has 0 saturated carbocycles. The number of carbonyl (C=O) groups excluding carboxylic acids is 1. The van der Waals surface area contributed by atoms with E-state index in [2.05, 4.69) is 20.4 Å². The van der Waals surface area contributed by atoms with Crippen molar-refractivity contribution in [3.05, 3.63) is 48.7 Å². The van der Waals surface area contributed by atoms with Gasteiger partial charge in [0.1, 0.15) is 11.4 Å². The smallest absolute Gasteiger partial charge is 0.435 e. The fourth-order valence-corrected chi connectivity index (χ4v) is 2.46. The van der Waals surface area contributed by atoms with Gasteiger partial charge >= 0.3 is 6.09 Å². The number of aromatic nitrogens is 4. The molecule has 0 aliphatic carbocycles. The SMILES string of the molecule is COc1cnc(C)nc1Nc1ccc(-c2cnn(C(=O)OC(C)(C)C)c2)cc1. The molecule has 8 heteroatoms. The number of nitrogens with one attached hydrogen (secondary N) is 1. The van der Waals surface area contributed by atoms with Gasteiger partial charge in [0, 0.05) is 17.4 Å². The molecule has 0 radical (unpaired) electrons. The molecule has 0 spiro atoms. The van der Waals surface area contributed by atoms with Crippen molar-refractivity contribution in [1.82, 2.24) is 19.7 Å². The van der Waals surface area contributed by atoms with Crippen molar-refractivity contribution in [2.45, 2.75) is 33.3 Å². The lowest BCUT2D eigenvalue weighted by molar-refractivity contribution is 0.0514. The van der Waals surface area contributed by atoms with E-state index in [-0.39, 0.29) is 0 Å². The predicted molar refractivity (Wildman–Crippen MR) is 106 cm³/mol. The molecule has 28 heavy (non-hydrogen) atoms. The monoisotopic (exact) mass is 381 g/mol. The highest BCUT2D eigenvalue weighted by Gasteiger charge is 2.18. The molecular formula is C20H23N5O3. The summed E-state index contributed by atoms with van der Waals surface area (Å²) in [5.41, 5.74) is 2.01. The number of benzene rings is 1. The fourth-order valence-electron chi connectivity index (χ4n) is 2.46. The third-order valence-corrected chi connectivity index (χ3v) is 3.74. The maximum Gasteiger partial charge on any atom is 0.435 e. The van der Waals surface area contributed by atoms with E-state index in [4.69, 9.17) is 9.47 Å². The van der Waals surface area contributed by atoms with E-state index in [0.29, 0.717) is 17.4 Å². The fraction of sp³-hybridized carbons (Fsp3) is 0.300. The maximum absolute atomic E-state index is 12.1. The molecule has 146 valence electrons. The molecule has 0 atom stereocenters. The molecule has 0 fully saturated rings. The van der Waals surface area contributed by atoms with Crippen molar-refractivity contribution >= 4 is 17.6 Å². The minimum atomic E-state index is -0.573. The van der Waals surface area contributed by atoms with E-state index < -0.39 is 11.7 Å². The maximum atomic E-state index is 12.1. The summed E-state index contributed by atoms with van der Waals surface area (Å²) in [5.74, 6) is 1.81. The lowest BCUT2D eigenvalue weighted by atomic mass is 10.1. The molecule has 2 aromatic heterocycles. The highest BCUT2D eigenvalue weighted by molar-refractivity contribution is 5.73. The summed E-state index contributed by atoms with van der Waals surface area (Å²) in [7, 11) is 1.57. The summed E-state index contributed by atoms with van der Waals surface area (Å²) < 4.78 is 11.8. The van der Waals surface area contributed by atoms with E-state index in [1.165, 1.54) is 4.68 Å². The first kappa shape index (κ1) is 19.3. The van der Waals surface area contributed by atoms with E-state index in [1.807, 2.05) is 52.0 Å². The zero-order valence-electron chi connectivity index (χ0n) is 16.6. The van der Waals surface area contributed by atoms with Crippen LogP contribution in [0.5, 0.6) is 5.75 Å². The van der Waals surface area contributed by atoms with Gasteiger partial charge in [-0.25, -0.2) is 14.8 Å². The molecule has 0 aliphatic heterocycles. The Morgan fingerprint density at radius 3 is 2.46 bits per heavy atom. The average Bonchev–Trinajstić information content (AvgIpc) is 3.11. The van der Waals surface area contributed by atoms with E-state index in [1.54, 1.807) is 25.7 Å². The molecule has 0 saturated heterocycles. The number of anilines is 2. The van der Waals surface area contributed by atoms with Crippen LogP contribution in [0.4, 0.5) is 16.3 Å². The van der Waals surface area contributed by atoms with Crippen LogP contribution in [-0.2, 0) is 4.74 Å². The molecule has 0 amide bonds. The van der Waals surface area contributed by atoms with Gasteiger partial charge in [0.15, 0.2) is 11.6 Å². The van der Waals surface area contributed by atoms with Crippen LogP contribution in [0, 0.1) is 6.92 Å². The zero-order chi connectivity index (χ0) is 20.3. The third kappa shape index (κ3) is 4.64. The van der Waals surface area contributed by atoms with Crippen molar-refractivity contribution in [2.75, 3.05) is 12.4 Å². The summed E-state index contributed by atoms with van der Waals surface area (Å²) >= 11 is 0. The second-order valence-electron chi connectivity index (χ2n) is 7.19. The average molecular weight is 381 g/mol. The molecule has 0 bridgehead atoms.